The molecule has 0 bridgehead atoms. The fourth-order valence-electron chi connectivity index (χ4n) is 2.41. The van der Waals surface area contributed by atoms with Gasteiger partial charge in [-0.2, -0.15) is 0 Å². The highest BCUT2D eigenvalue weighted by Crippen LogP contribution is 2.18. The average molecular weight is 343 g/mol. The van der Waals surface area contributed by atoms with E-state index in [4.69, 9.17) is 10.5 Å². The van der Waals surface area contributed by atoms with Crippen LogP contribution in [0.25, 0.3) is 0 Å². The maximum absolute atomic E-state index is 11.3. The van der Waals surface area contributed by atoms with Gasteiger partial charge in [0.2, 0.25) is 5.91 Å². The second kappa shape index (κ2) is 7.06. The van der Waals surface area contributed by atoms with Crippen molar-refractivity contribution >= 4 is 21.8 Å². The molecule has 2 atom stereocenters. The molecule has 0 radical (unpaired) electrons. The molecule has 3 N–H and O–H groups in total. The van der Waals surface area contributed by atoms with E-state index >= 15 is 0 Å². The Balaban J connectivity index is 1.79. The Morgan fingerprint density at radius 2 is 2.20 bits per heavy atom. The maximum atomic E-state index is 11.3. The van der Waals surface area contributed by atoms with Crippen LogP contribution in [-0.2, 0) is 4.79 Å². The van der Waals surface area contributed by atoms with E-state index in [9.17, 15) is 9.90 Å². The van der Waals surface area contributed by atoms with Gasteiger partial charge in [0.25, 0.3) is 0 Å². The molecule has 1 aliphatic heterocycles. The maximum Gasteiger partial charge on any atom is 0.234 e. The summed E-state index contributed by atoms with van der Waals surface area (Å²) in [6.45, 7) is 1.40. The van der Waals surface area contributed by atoms with Crippen LogP contribution in [0.15, 0.2) is 28.7 Å². The summed E-state index contributed by atoms with van der Waals surface area (Å²) in [5.41, 5.74) is 5.35. The van der Waals surface area contributed by atoms with Gasteiger partial charge in [0.1, 0.15) is 18.5 Å². The Morgan fingerprint density at radius 1 is 1.50 bits per heavy atom. The summed E-state index contributed by atoms with van der Waals surface area (Å²) in [6.07, 6.45) is 1.07. The molecule has 0 saturated carbocycles. The highest BCUT2D eigenvalue weighted by molar-refractivity contribution is 9.10. The highest BCUT2D eigenvalue weighted by Gasteiger charge is 2.30. The molecule has 110 valence electrons. The first kappa shape index (κ1) is 15.3. The van der Waals surface area contributed by atoms with Crippen molar-refractivity contribution in [3.63, 3.8) is 0 Å². The van der Waals surface area contributed by atoms with Crippen LogP contribution < -0.4 is 10.5 Å². The number of aliphatic hydroxyl groups excluding tert-OH is 1. The highest BCUT2D eigenvalue weighted by atomic mass is 79.9. The van der Waals surface area contributed by atoms with Crippen molar-refractivity contribution < 1.29 is 14.6 Å². The SMILES string of the molecule is NC(=O)C1CCCN1CC(O)COc1ccc(Br)cc1. The van der Waals surface area contributed by atoms with Gasteiger partial charge in [-0.3, -0.25) is 9.69 Å². The Hall–Kier alpha value is -1.11. The molecule has 1 fully saturated rings. The summed E-state index contributed by atoms with van der Waals surface area (Å²) in [6, 6.07) is 7.17. The summed E-state index contributed by atoms with van der Waals surface area (Å²) >= 11 is 3.35. The van der Waals surface area contributed by atoms with Gasteiger partial charge in [0.05, 0.1) is 6.04 Å². The first-order valence-corrected chi connectivity index (χ1v) is 7.45. The van der Waals surface area contributed by atoms with E-state index in [1.165, 1.54) is 0 Å². The second-order valence-corrected chi connectivity index (χ2v) is 5.89. The fourth-order valence-corrected chi connectivity index (χ4v) is 2.68. The molecule has 1 heterocycles. The summed E-state index contributed by atoms with van der Waals surface area (Å²) in [5.74, 6) is 0.392. The van der Waals surface area contributed by atoms with Crippen molar-refractivity contribution in [3.05, 3.63) is 28.7 Å². The predicted octanol–water partition coefficient (Wildman–Crippen LogP) is 1.14. The molecule has 1 saturated heterocycles. The van der Waals surface area contributed by atoms with Gasteiger partial charge in [-0.25, -0.2) is 0 Å². The monoisotopic (exact) mass is 342 g/mol. The van der Waals surface area contributed by atoms with E-state index < -0.39 is 6.10 Å². The Kier molecular flexibility index (Phi) is 5.39. The minimum atomic E-state index is -0.640. The number of hydrogen-bond acceptors (Lipinski definition) is 4. The minimum absolute atomic E-state index is 0.198. The number of nitrogens with two attached hydrogens (primary N) is 1. The Morgan fingerprint density at radius 3 is 2.85 bits per heavy atom. The van der Waals surface area contributed by atoms with E-state index in [0.29, 0.717) is 12.3 Å². The van der Waals surface area contributed by atoms with Gasteiger partial charge >= 0.3 is 0 Å². The zero-order valence-corrected chi connectivity index (χ0v) is 12.8. The van der Waals surface area contributed by atoms with Crippen LogP contribution in [0.2, 0.25) is 0 Å². The lowest BCUT2D eigenvalue weighted by atomic mass is 10.2. The Bertz CT molecular complexity index is 452. The lowest BCUT2D eigenvalue weighted by Crippen LogP contribution is -2.44. The second-order valence-electron chi connectivity index (χ2n) is 4.97. The summed E-state index contributed by atoms with van der Waals surface area (Å²) in [7, 11) is 0. The van der Waals surface area contributed by atoms with Crippen molar-refractivity contribution in [2.75, 3.05) is 19.7 Å². The summed E-state index contributed by atoms with van der Waals surface area (Å²) in [4.78, 5) is 13.2. The number of carbonyl (C=O) groups excluding carboxylic acids is 1. The number of carbonyl (C=O) groups is 1. The number of benzene rings is 1. The number of ether oxygens (including phenoxy) is 1. The number of aliphatic hydroxyl groups is 1. The zero-order chi connectivity index (χ0) is 14.5. The van der Waals surface area contributed by atoms with E-state index in [0.717, 1.165) is 23.9 Å². The third-order valence-corrected chi connectivity index (χ3v) is 3.92. The molecule has 1 aliphatic rings. The number of halogens is 1. The number of hydrogen-bond donors (Lipinski definition) is 2. The van der Waals surface area contributed by atoms with Crippen molar-refractivity contribution in [3.8, 4) is 5.75 Å². The summed E-state index contributed by atoms with van der Waals surface area (Å²) < 4.78 is 6.49. The molecule has 1 amide bonds. The first-order chi connectivity index (χ1) is 9.56. The first-order valence-electron chi connectivity index (χ1n) is 6.66. The molecular weight excluding hydrogens is 324 g/mol. The zero-order valence-electron chi connectivity index (χ0n) is 11.2. The number of β-amino-alcohol motifs (C(OH)–C–C–N with tert-alkyl or cyclic N) is 1. The molecule has 0 aromatic heterocycles. The van der Waals surface area contributed by atoms with Crippen molar-refractivity contribution in [2.45, 2.75) is 25.0 Å². The van der Waals surface area contributed by atoms with Gasteiger partial charge in [-0.15, -0.1) is 0 Å². The quantitative estimate of drug-likeness (QED) is 0.812. The third kappa shape index (κ3) is 4.19. The van der Waals surface area contributed by atoms with E-state index in [2.05, 4.69) is 15.9 Å². The smallest absolute Gasteiger partial charge is 0.234 e. The van der Waals surface area contributed by atoms with Crippen LogP contribution in [-0.4, -0.2) is 47.8 Å². The summed E-state index contributed by atoms with van der Waals surface area (Å²) in [5, 5.41) is 10.00. The van der Waals surface area contributed by atoms with Crippen molar-refractivity contribution in [1.82, 2.24) is 4.90 Å². The van der Waals surface area contributed by atoms with E-state index in [-0.39, 0.29) is 18.6 Å². The van der Waals surface area contributed by atoms with Gasteiger partial charge in [-0.1, -0.05) is 15.9 Å². The average Bonchev–Trinajstić information content (AvgIpc) is 2.86. The molecule has 2 rings (SSSR count). The minimum Gasteiger partial charge on any atom is -0.491 e. The number of rotatable bonds is 6. The number of likely N-dealkylation sites (tertiary alicyclic amines) is 1. The fraction of sp³-hybridized carbons (Fsp3) is 0.500. The van der Waals surface area contributed by atoms with Gasteiger partial charge in [0, 0.05) is 11.0 Å². The molecule has 20 heavy (non-hydrogen) atoms. The predicted molar refractivity (Wildman–Crippen MR) is 79.4 cm³/mol. The molecule has 2 unspecified atom stereocenters. The van der Waals surface area contributed by atoms with Crippen LogP contribution in [0.3, 0.4) is 0 Å². The number of amides is 1. The van der Waals surface area contributed by atoms with Gasteiger partial charge in [-0.05, 0) is 43.7 Å². The molecule has 5 nitrogen and oxygen atoms in total. The molecule has 6 heteroatoms. The van der Waals surface area contributed by atoms with E-state index in [1.54, 1.807) is 0 Å². The molecule has 1 aromatic rings. The molecule has 1 aromatic carbocycles. The lowest BCUT2D eigenvalue weighted by molar-refractivity contribution is -0.122. The molecular formula is C14H19BrN2O3. The molecule has 0 aliphatic carbocycles. The van der Waals surface area contributed by atoms with Crippen LogP contribution in [0.1, 0.15) is 12.8 Å². The number of primary amides is 1. The standard InChI is InChI=1S/C14H19BrN2O3/c15-10-3-5-12(6-4-10)20-9-11(18)8-17-7-1-2-13(17)14(16)19/h3-6,11,13,18H,1-2,7-9H2,(H2,16,19). The topological polar surface area (TPSA) is 75.8 Å². The third-order valence-electron chi connectivity index (χ3n) is 3.39. The van der Waals surface area contributed by atoms with Crippen molar-refractivity contribution in [1.29, 1.82) is 0 Å². The van der Waals surface area contributed by atoms with Crippen LogP contribution in [0.4, 0.5) is 0 Å². The van der Waals surface area contributed by atoms with Crippen molar-refractivity contribution in [2.24, 2.45) is 5.73 Å². The van der Waals surface area contributed by atoms with Crippen LogP contribution >= 0.6 is 15.9 Å². The van der Waals surface area contributed by atoms with Gasteiger partial charge in [0.15, 0.2) is 0 Å². The molecule has 0 spiro atoms. The van der Waals surface area contributed by atoms with Crippen LogP contribution in [0, 0.1) is 0 Å². The largest absolute Gasteiger partial charge is 0.491 e. The van der Waals surface area contributed by atoms with Crippen LogP contribution in [0.5, 0.6) is 5.75 Å². The normalized spacial score (nSPS) is 20.8. The van der Waals surface area contributed by atoms with E-state index in [1.807, 2.05) is 29.2 Å². The number of nitrogens with zero attached hydrogens (tertiary/aromatic N) is 1. The van der Waals surface area contributed by atoms with Gasteiger partial charge < -0.3 is 15.6 Å². The lowest BCUT2D eigenvalue weighted by Gasteiger charge is -2.24. The Labute approximate surface area is 126 Å².